The number of hydrogen-bond acceptors (Lipinski definition) is 3. The van der Waals surface area contributed by atoms with E-state index in [-0.39, 0.29) is 11.9 Å². The van der Waals surface area contributed by atoms with Crippen LogP contribution in [0, 0.1) is 0 Å². The van der Waals surface area contributed by atoms with Crippen LogP contribution in [0.15, 0.2) is 35.2 Å². The molecule has 0 aliphatic carbocycles. The molecule has 0 radical (unpaired) electrons. The third kappa shape index (κ3) is 2.51. The predicted octanol–water partition coefficient (Wildman–Crippen LogP) is 2.11. The summed E-state index contributed by atoms with van der Waals surface area (Å²) in [5, 5.41) is 2.34. The molecule has 1 aliphatic heterocycles. The first-order valence-corrected chi connectivity index (χ1v) is 6.81. The van der Waals surface area contributed by atoms with Gasteiger partial charge in [-0.3, -0.25) is 10.1 Å². The number of thioether (sulfide) groups is 1. The largest absolute Gasteiger partial charge is 0.325 e. The van der Waals surface area contributed by atoms with E-state index >= 15 is 0 Å². The Bertz CT molecular complexity index is 459. The number of hydrogen-bond donors (Lipinski definition) is 1. The monoisotopic (exact) mass is 264 g/mol. The number of rotatable bonds is 4. The number of imide groups is 1. The molecule has 0 spiro atoms. The van der Waals surface area contributed by atoms with Crippen LogP contribution in [0.4, 0.5) is 4.79 Å². The number of urea groups is 1. The van der Waals surface area contributed by atoms with Gasteiger partial charge in [0.25, 0.3) is 5.91 Å². The van der Waals surface area contributed by atoms with E-state index in [1.54, 1.807) is 30.5 Å². The van der Waals surface area contributed by atoms with Crippen LogP contribution in [-0.2, 0) is 4.79 Å². The molecule has 96 valence electrons. The highest BCUT2D eigenvalue weighted by molar-refractivity contribution is 7.99. The van der Waals surface area contributed by atoms with Gasteiger partial charge in [0.05, 0.1) is 0 Å². The second-order valence-corrected chi connectivity index (χ2v) is 5.80. The van der Waals surface area contributed by atoms with Crippen molar-refractivity contribution in [2.24, 2.45) is 0 Å². The standard InChI is InChI=1S/C13H16N2O2S/c1-13(2)11(16)14-12(17)15(13)8-9-18-10-6-4-3-5-7-10/h3-7H,8-9H2,1-2H3,(H,14,16,17). The smallest absolute Gasteiger partial charge is 0.309 e. The highest BCUT2D eigenvalue weighted by Gasteiger charge is 2.44. The molecule has 0 atom stereocenters. The van der Waals surface area contributed by atoms with E-state index in [9.17, 15) is 9.59 Å². The first-order valence-electron chi connectivity index (χ1n) is 5.83. The van der Waals surface area contributed by atoms with Crippen molar-refractivity contribution in [3.8, 4) is 0 Å². The van der Waals surface area contributed by atoms with Gasteiger partial charge < -0.3 is 4.90 Å². The zero-order valence-electron chi connectivity index (χ0n) is 10.5. The average Bonchev–Trinajstić information content (AvgIpc) is 2.53. The minimum absolute atomic E-state index is 0.225. The van der Waals surface area contributed by atoms with E-state index in [0.717, 1.165) is 5.75 Å². The second kappa shape index (κ2) is 5.02. The molecule has 2 rings (SSSR count). The Morgan fingerprint density at radius 1 is 1.22 bits per heavy atom. The van der Waals surface area contributed by atoms with Crippen LogP contribution in [0.5, 0.6) is 0 Å². The van der Waals surface area contributed by atoms with E-state index in [1.165, 1.54) is 4.90 Å². The van der Waals surface area contributed by atoms with E-state index in [0.29, 0.717) is 6.54 Å². The minimum Gasteiger partial charge on any atom is -0.309 e. The van der Waals surface area contributed by atoms with Gasteiger partial charge in [-0.1, -0.05) is 18.2 Å². The lowest BCUT2D eigenvalue weighted by molar-refractivity contribution is -0.125. The van der Waals surface area contributed by atoms with Crippen LogP contribution in [0.2, 0.25) is 0 Å². The Morgan fingerprint density at radius 2 is 1.89 bits per heavy atom. The Labute approximate surface area is 111 Å². The second-order valence-electron chi connectivity index (χ2n) is 4.63. The summed E-state index contributed by atoms with van der Waals surface area (Å²) in [5.41, 5.74) is -0.742. The average molecular weight is 264 g/mol. The molecule has 1 saturated heterocycles. The molecule has 1 fully saturated rings. The highest BCUT2D eigenvalue weighted by atomic mass is 32.2. The van der Waals surface area contributed by atoms with Crippen LogP contribution >= 0.6 is 11.8 Å². The quantitative estimate of drug-likeness (QED) is 0.669. The first kappa shape index (κ1) is 13.0. The van der Waals surface area contributed by atoms with Crippen LogP contribution in [0.3, 0.4) is 0 Å². The summed E-state index contributed by atoms with van der Waals surface area (Å²) in [6, 6.07) is 9.71. The van der Waals surface area contributed by atoms with E-state index in [2.05, 4.69) is 5.32 Å². The Kier molecular flexibility index (Phi) is 3.61. The van der Waals surface area contributed by atoms with Crippen LogP contribution in [-0.4, -0.2) is 34.7 Å². The fourth-order valence-electron chi connectivity index (χ4n) is 1.85. The third-order valence-electron chi connectivity index (χ3n) is 3.02. The van der Waals surface area contributed by atoms with Gasteiger partial charge in [0.2, 0.25) is 0 Å². The minimum atomic E-state index is -0.742. The highest BCUT2D eigenvalue weighted by Crippen LogP contribution is 2.23. The molecule has 0 aromatic heterocycles. The van der Waals surface area contributed by atoms with Crippen LogP contribution in [0.25, 0.3) is 0 Å². The van der Waals surface area contributed by atoms with E-state index < -0.39 is 5.54 Å². The zero-order chi connectivity index (χ0) is 13.2. The number of carbonyl (C=O) groups is 2. The first-order chi connectivity index (χ1) is 8.51. The molecular weight excluding hydrogens is 248 g/mol. The van der Waals surface area contributed by atoms with E-state index in [4.69, 9.17) is 0 Å². The molecule has 18 heavy (non-hydrogen) atoms. The van der Waals surface area contributed by atoms with Gasteiger partial charge in [-0.25, -0.2) is 4.79 Å². The number of nitrogens with one attached hydrogen (secondary N) is 1. The predicted molar refractivity (Wildman–Crippen MR) is 71.5 cm³/mol. The maximum absolute atomic E-state index is 11.6. The molecule has 0 unspecified atom stereocenters. The van der Waals surface area contributed by atoms with Gasteiger partial charge in [0.1, 0.15) is 5.54 Å². The van der Waals surface area contributed by atoms with Crippen LogP contribution in [0.1, 0.15) is 13.8 Å². The van der Waals surface area contributed by atoms with Crippen molar-refractivity contribution in [1.29, 1.82) is 0 Å². The van der Waals surface area contributed by atoms with Crippen molar-refractivity contribution >= 4 is 23.7 Å². The maximum atomic E-state index is 11.6. The lowest BCUT2D eigenvalue weighted by atomic mass is 10.1. The lowest BCUT2D eigenvalue weighted by Gasteiger charge is -2.27. The van der Waals surface area contributed by atoms with Gasteiger partial charge in [-0.05, 0) is 26.0 Å². The number of nitrogens with zero attached hydrogens (tertiary/aromatic N) is 1. The Morgan fingerprint density at radius 3 is 2.44 bits per heavy atom. The zero-order valence-corrected chi connectivity index (χ0v) is 11.3. The van der Waals surface area contributed by atoms with Gasteiger partial charge in [0, 0.05) is 17.2 Å². The van der Waals surface area contributed by atoms with Gasteiger partial charge >= 0.3 is 6.03 Å². The SMILES string of the molecule is CC1(C)C(=O)NC(=O)N1CCSc1ccccc1. The van der Waals surface area contributed by atoms with Crippen molar-refractivity contribution < 1.29 is 9.59 Å². The molecule has 0 saturated carbocycles. The summed E-state index contributed by atoms with van der Waals surface area (Å²) in [5.74, 6) is 0.547. The maximum Gasteiger partial charge on any atom is 0.325 e. The number of amides is 3. The topological polar surface area (TPSA) is 49.4 Å². The molecule has 0 bridgehead atoms. The molecule has 1 heterocycles. The van der Waals surface area contributed by atoms with Crippen molar-refractivity contribution in [3.63, 3.8) is 0 Å². The van der Waals surface area contributed by atoms with Crippen molar-refractivity contribution in [3.05, 3.63) is 30.3 Å². The molecule has 4 nitrogen and oxygen atoms in total. The molecule has 3 amide bonds. The molecule has 1 N–H and O–H groups in total. The summed E-state index contributed by atoms with van der Waals surface area (Å²) in [6.45, 7) is 4.09. The molecule has 1 aromatic carbocycles. The van der Waals surface area contributed by atoms with Gasteiger partial charge in [-0.2, -0.15) is 0 Å². The lowest BCUT2D eigenvalue weighted by Crippen LogP contribution is -2.45. The summed E-state index contributed by atoms with van der Waals surface area (Å²) in [6.07, 6.45) is 0. The normalized spacial score (nSPS) is 18.0. The van der Waals surface area contributed by atoms with Crippen molar-refractivity contribution in [2.75, 3.05) is 12.3 Å². The molecule has 1 aliphatic rings. The third-order valence-corrected chi connectivity index (χ3v) is 4.02. The molecule has 1 aromatic rings. The Hall–Kier alpha value is -1.49. The van der Waals surface area contributed by atoms with Gasteiger partial charge in [0.15, 0.2) is 0 Å². The van der Waals surface area contributed by atoms with Crippen LogP contribution < -0.4 is 5.32 Å². The van der Waals surface area contributed by atoms with Crippen molar-refractivity contribution in [2.45, 2.75) is 24.3 Å². The fourth-order valence-corrected chi connectivity index (χ4v) is 2.71. The molecular formula is C13H16N2O2S. The van der Waals surface area contributed by atoms with E-state index in [1.807, 2.05) is 30.3 Å². The Balaban J connectivity index is 1.91. The molecule has 5 heteroatoms. The summed E-state index contributed by atoms with van der Waals surface area (Å²) < 4.78 is 0. The summed E-state index contributed by atoms with van der Waals surface area (Å²) in [4.78, 5) is 26.0. The van der Waals surface area contributed by atoms with Crippen molar-refractivity contribution in [1.82, 2.24) is 10.2 Å². The van der Waals surface area contributed by atoms with Gasteiger partial charge in [-0.15, -0.1) is 11.8 Å². The fraction of sp³-hybridized carbons (Fsp3) is 0.385. The summed E-state index contributed by atoms with van der Waals surface area (Å²) >= 11 is 1.68. The number of carbonyl (C=O) groups excluding carboxylic acids is 2. The summed E-state index contributed by atoms with van der Waals surface area (Å²) in [7, 11) is 0. The number of benzene rings is 1.